The number of rotatable bonds is 3. The van der Waals surface area contributed by atoms with Crippen LogP contribution in [0.4, 0.5) is 37.7 Å². The summed E-state index contributed by atoms with van der Waals surface area (Å²) in [5, 5.41) is 19.2. The molecule has 118 valence electrons. The minimum absolute atomic E-state index is 0.240. The number of hydrogen-bond donors (Lipinski definition) is 3. The highest BCUT2D eigenvalue weighted by Gasteiger charge is 2.61. The molecular weight excluding hydrogens is 310 g/mol. The van der Waals surface area contributed by atoms with E-state index in [0.29, 0.717) is 0 Å². The summed E-state index contributed by atoms with van der Waals surface area (Å²) in [5.41, 5.74) is -0.625. The van der Waals surface area contributed by atoms with Crippen molar-refractivity contribution in [3.8, 4) is 0 Å². The van der Waals surface area contributed by atoms with Crippen LogP contribution in [-0.2, 0) is 4.79 Å². The van der Waals surface area contributed by atoms with Crippen LogP contribution in [0.2, 0.25) is 0 Å². The third-order valence-corrected chi connectivity index (χ3v) is 2.32. The fourth-order valence-electron chi connectivity index (χ4n) is 1.39. The predicted molar refractivity (Wildman–Crippen MR) is 56.4 cm³/mol. The van der Waals surface area contributed by atoms with Gasteiger partial charge >= 0.3 is 12.4 Å². The number of benzene rings is 1. The Hall–Kier alpha value is -1.85. The Labute approximate surface area is 113 Å². The maximum atomic E-state index is 12.3. The second-order valence-electron chi connectivity index (χ2n) is 3.89. The lowest BCUT2D eigenvalue weighted by Crippen LogP contribution is -2.99. The van der Waals surface area contributed by atoms with E-state index >= 15 is 0 Å². The molecule has 0 heterocycles. The first-order valence-electron chi connectivity index (χ1n) is 5.20. The van der Waals surface area contributed by atoms with E-state index in [9.17, 15) is 36.3 Å². The number of carbonyl (C=O) groups is 1. The first-order chi connectivity index (χ1) is 9.43. The van der Waals surface area contributed by atoms with Gasteiger partial charge in [0.1, 0.15) is 0 Å². The Balaban J connectivity index is 2.92. The summed E-state index contributed by atoms with van der Waals surface area (Å²) < 4.78 is 73.7. The van der Waals surface area contributed by atoms with Crippen LogP contribution in [0, 0.1) is 11.1 Å². The molecule has 1 unspecified atom stereocenters. The highest BCUT2D eigenvalue weighted by atomic mass is 19.4. The SMILES string of the molecule is O=C(Nc1ccc([NH+]([O-])O)cc1)C(C(F)(F)F)C(F)(F)F. The Kier molecular flexibility index (Phi) is 4.81. The summed E-state index contributed by atoms with van der Waals surface area (Å²) in [7, 11) is 0. The van der Waals surface area contributed by atoms with Crippen molar-refractivity contribution < 1.29 is 41.6 Å². The minimum atomic E-state index is -5.79. The van der Waals surface area contributed by atoms with Crippen molar-refractivity contribution in [3.05, 3.63) is 29.5 Å². The summed E-state index contributed by atoms with van der Waals surface area (Å²) in [6.45, 7) is 0. The first kappa shape index (κ1) is 17.2. The van der Waals surface area contributed by atoms with Crippen molar-refractivity contribution in [2.45, 2.75) is 12.4 Å². The second-order valence-corrected chi connectivity index (χ2v) is 3.89. The average Bonchev–Trinajstić information content (AvgIpc) is 2.25. The summed E-state index contributed by atoms with van der Waals surface area (Å²) in [4.78, 5) is 11.2. The van der Waals surface area contributed by atoms with Crippen LogP contribution in [0.1, 0.15) is 0 Å². The van der Waals surface area contributed by atoms with Crippen LogP contribution in [0.5, 0.6) is 0 Å². The van der Waals surface area contributed by atoms with Crippen molar-refractivity contribution in [1.82, 2.24) is 0 Å². The molecule has 0 saturated heterocycles. The molecule has 0 bridgehead atoms. The number of alkyl halides is 6. The zero-order valence-electron chi connectivity index (χ0n) is 9.92. The molecule has 11 heteroatoms. The fraction of sp³-hybridized carbons (Fsp3) is 0.300. The van der Waals surface area contributed by atoms with Gasteiger partial charge in [-0.25, -0.2) is 5.21 Å². The van der Waals surface area contributed by atoms with E-state index in [2.05, 4.69) is 0 Å². The fourth-order valence-corrected chi connectivity index (χ4v) is 1.39. The predicted octanol–water partition coefficient (Wildman–Crippen LogP) is 1.77. The molecule has 0 saturated carbocycles. The maximum absolute atomic E-state index is 12.3. The Morgan fingerprint density at radius 1 is 1.10 bits per heavy atom. The van der Waals surface area contributed by atoms with Gasteiger partial charge in [-0.3, -0.25) is 4.79 Å². The van der Waals surface area contributed by atoms with Gasteiger partial charge in [0.05, 0.1) is 0 Å². The molecule has 0 aliphatic rings. The molecule has 0 spiro atoms. The van der Waals surface area contributed by atoms with Gasteiger partial charge in [0.2, 0.25) is 11.8 Å². The number of anilines is 1. The Bertz CT molecular complexity index is 483. The Morgan fingerprint density at radius 2 is 1.52 bits per heavy atom. The van der Waals surface area contributed by atoms with Gasteiger partial charge in [-0.15, -0.1) is 0 Å². The van der Waals surface area contributed by atoms with Gasteiger partial charge in [0, 0.05) is 17.8 Å². The van der Waals surface area contributed by atoms with E-state index in [-0.39, 0.29) is 11.4 Å². The van der Waals surface area contributed by atoms with Crippen LogP contribution >= 0.6 is 0 Å². The number of halogens is 6. The summed E-state index contributed by atoms with van der Waals surface area (Å²) in [6.07, 6.45) is -11.6. The van der Waals surface area contributed by atoms with E-state index in [1.165, 1.54) is 5.32 Å². The van der Waals surface area contributed by atoms with Crippen LogP contribution in [0.15, 0.2) is 24.3 Å². The zero-order chi connectivity index (χ0) is 16.4. The van der Waals surface area contributed by atoms with E-state index in [4.69, 9.17) is 5.21 Å². The molecule has 1 amide bonds. The van der Waals surface area contributed by atoms with Gasteiger partial charge in [0.25, 0.3) is 0 Å². The average molecular weight is 318 g/mol. The van der Waals surface area contributed by atoms with Gasteiger partial charge in [-0.2, -0.15) is 31.6 Å². The molecule has 0 fully saturated rings. The lowest BCUT2D eigenvalue weighted by Gasteiger charge is -2.22. The number of amides is 1. The van der Waals surface area contributed by atoms with Gasteiger partial charge in [-0.05, 0) is 12.1 Å². The van der Waals surface area contributed by atoms with Crippen molar-refractivity contribution in [1.29, 1.82) is 0 Å². The summed E-state index contributed by atoms with van der Waals surface area (Å²) >= 11 is 0. The molecule has 1 aromatic carbocycles. The van der Waals surface area contributed by atoms with E-state index < -0.39 is 29.4 Å². The molecule has 1 rings (SSSR count). The summed E-state index contributed by atoms with van der Waals surface area (Å²) in [6, 6.07) is 3.61. The van der Waals surface area contributed by atoms with Gasteiger partial charge in [-0.1, -0.05) is 0 Å². The number of hydrogen-bond acceptors (Lipinski definition) is 3. The molecule has 0 aromatic heterocycles. The first-order valence-corrected chi connectivity index (χ1v) is 5.20. The highest BCUT2D eigenvalue weighted by Crippen LogP contribution is 2.39. The van der Waals surface area contributed by atoms with Gasteiger partial charge in [0.15, 0.2) is 5.69 Å². The quantitative estimate of drug-likeness (QED) is 0.587. The van der Waals surface area contributed by atoms with Crippen LogP contribution < -0.4 is 10.5 Å². The monoisotopic (exact) mass is 318 g/mol. The minimum Gasteiger partial charge on any atom is -0.595 e. The van der Waals surface area contributed by atoms with Crippen molar-refractivity contribution in [3.63, 3.8) is 0 Å². The number of carbonyl (C=O) groups excluding carboxylic acids is 1. The normalized spacial score (nSPS) is 14.1. The van der Waals surface area contributed by atoms with Crippen molar-refractivity contribution in [2.24, 2.45) is 5.92 Å². The standard InChI is InChI=1S/C10H8F6N2O3/c11-9(12,13)7(10(14,15)16)8(19)17-5-1-3-6(4-2-5)18(20)21/h1-4,7,18,20H,(H,17,19). The third kappa shape index (κ3) is 4.58. The van der Waals surface area contributed by atoms with Crippen LogP contribution in [0.3, 0.4) is 0 Å². The lowest BCUT2D eigenvalue weighted by molar-refractivity contribution is -0.991. The number of quaternary nitrogens is 1. The highest BCUT2D eigenvalue weighted by molar-refractivity contribution is 5.93. The molecule has 0 radical (unpaired) electrons. The molecular formula is C10H8F6N2O3. The van der Waals surface area contributed by atoms with Crippen molar-refractivity contribution in [2.75, 3.05) is 5.32 Å². The second kappa shape index (κ2) is 5.87. The molecule has 1 atom stereocenters. The molecule has 3 N–H and O–H groups in total. The van der Waals surface area contributed by atoms with E-state index in [1.54, 1.807) is 0 Å². The topological polar surface area (TPSA) is 76.8 Å². The smallest absolute Gasteiger partial charge is 0.409 e. The molecule has 1 aromatic rings. The van der Waals surface area contributed by atoms with E-state index in [0.717, 1.165) is 24.3 Å². The van der Waals surface area contributed by atoms with Crippen molar-refractivity contribution >= 4 is 17.3 Å². The van der Waals surface area contributed by atoms with Gasteiger partial charge < -0.3 is 10.5 Å². The van der Waals surface area contributed by atoms with Crippen LogP contribution in [-0.4, -0.2) is 23.5 Å². The number of nitrogens with one attached hydrogen (secondary N) is 2. The zero-order valence-corrected chi connectivity index (χ0v) is 9.92. The van der Waals surface area contributed by atoms with E-state index in [1.807, 2.05) is 0 Å². The van der Waals surface area contributed by atoms with Crippen LogP contribution in [0.25, 0.3) is 0 Å². The Morgan fingerprint density at radius 3 is 1.86 bits per heavy atom. The molecule has 21 heavy (non-hydrogen) atoms. The lowest BCUT2D eigenvalue weighted by atomic mass is 10.1. The molecule has 0 aliphatic carbocycles. The largest absolute Gasteiger partial charge is 0.595 e. The molecule has 0 aliphatic heterocycles. The maximum Gasteiger partial charge on any atom is 0.409 e. The summed E-state index contributed by atoms with van der Waals surface area (Å²) in [5.74, 6) is -6.46. The third-order valence-electron chi connectivity index (χ3n) is 2.32. The molecule has 5 nitrogen and oxygen atoms in total.